The molecule has 9 heteroatoms. The third-order valence-electron chi connectivity index (χ3n) is 3.80. The number of carbonyl (C=O) groups is 3. The molecule has 0 aliphatic carbocycles. The molecule has 1 aromatic carbocycles. The van der Waals surface area contributed by atoms with Crippen LogP contribution in [-0.2, 0) is 14.4 Å². The maximum Gasteiger partial charge on any atom is 0.471 e. The summed E-state index contributed by atoms with van der Waals surface area (Å²) in [6, 6.07) is 5.38. The van der Waals surface area contributed by atoms with Gasteiger partial charge in [-0.25, -0.2) is 0 Å². The molecule has 0 spiro atoms. The minimum atomic E-state index is -5.00. The fourth-order valence-corrected chi connectivity index (χ4v) is 2.53. The molecule has 2 rings (SSSR count). The number of carbonyl (C=O) groups excluding carboxylic acids is 3. The number of amides is 3. The zero-order chi connectivity index (χ0) is 18.8. The molecular formula is C16H18F3N3O3. The second kappa shape index (κ2) is 7.12. The lowest BCUT2D eigenvalue weighted by atomic mass is 10.1. The molecule has 25 heavy (non-hydrogen) atoms. The molecule has 6 nitrogen and oxygen atoms in total. The van der Waals surface area contributed by atoms with Gasteiger partial charge >= 0.3 is 12.1 Å². The van der Waals surface area contributed by atoms with Crippen molar-refractivity contribution in [3.05, 3.63) is 24.3 Å². The fraction of sp³-hybridized carbons (Fsp3) is 0.438. The van der Waals surface area contributed by atoms with E-state index in [9.17, 15) is 27.6 Å². The van der Waals surface area contributed by atoms with Gasteiger partial charge in [0.2, 0.25) is 11.8 Å². The predicted molar refractivity (Wildman–Crippen MR) is 84.7 cm³/mol. The first-order valence-corrected chi connectivity index (χ1v) is 7.66. The number of hydrogen-bond donors (Lipinski definition) is 2. The van der Waals surface area contributed by atoms with Crippen molar-refractivity contribution >= 4 is 29.1 Å². The first-order valence-electron chi connectivity index (χ1n) is 7.66. The van der Waals surface area contributed by atoms with Gasteiger partial charge in [0, 0.05) is 30.4 Å². The van der Waals surface area contributed by atoms with Crippen LogP contribution in [-0.4, -0.2) is 41.4 Å². The number of rotatable bonds is 4. The summed E-state index contributed by atoms with van der Waals surface area (Å²) in [7, 11) is 0. The molecule has 1 aliphatic heterocycles. The number of nitrogens with one attached hydrogen (secondary N) is 2. The van der Waals surface area contributed by atoms with Crippen molar-refractivity contribution in [2.75, 3.05) is 17.2 Å². The molecular weight excluding hydrogens is 339 g/mol. The van der Waals surface area contributed by atoms with Gasteiger partial charge in [-0.15, -0.1) is 0 Å². The van der Waals surface area contributed by atoms with Crippen LogP contribution in [0, 0.1) is 5.92 Å². The zero-order valence-electron chi connectivity index (χ0n) is 13.7. The highest BCUT2D eigenvalue weighted by Gasteiger charge is 2.39. The van der Waals surface area contributed by atoms with Crippen molar-refractivity contribution in [2.24, 2.45) is 5.92 Å². The summed E-state index contributed by atoms with van der Waals surface area (Å²) >= 11 is 0. The van der Waals surface area contributed by atoms with E-state index in [1.165, 1.54) is 24.3 Å². The van der Waals surface area contributed by atoms with Crippen LogP contribution in [0.25, 0.3) is 0 Å². The highest BCUT2D eigenvalue weighted by molar-refractivity contribution is 5.99. The Morgan fingerprint density at radius 3 is 2.32 bits per heavy atom. The Labute approximate surface area is 142 Å². The molecule has 0 aromatic heterocycles. The minimum Gasteiger partial charge on any atom is -0.339 e. The van der Waals surface area contributed by atoms with Gasteiger partial charge in [-0.3, -0.25) is 14.4 Å². The first-order chi connectivity index (χ1) is 11.6. The zero-order valence-corrected chi connectivity index (χ0v) is 13.7. The number of anilines is 2. The Bertz CT molecular complexity index is 689. The highest BCUT2D eigenvalue weighted by Crippen LogP contribution is 2.24. The van der Waals surface area contributed by atoms with E-state index in [1.807, 2.05) is 13.8 Å². The van der Waals surface area contributed by atoms with Gasteiger partial charge in [-0.1, -0.05) is 6.07 Å². The van der Waals surface area contributed by atoms with Crippen molar-refractivity contribution in [3.8, 4) is 0 Å². The summed E-state index contributed by atoms with van der Waals surface area (Å²) in [6.07, 6.45) is -4.90. The fourth-order valence-electron chi connectivity index (χ4n) is 2.53. The van der Waals surface area contributed by atoms with Gasteiger partial charge in [-0.2, -0.15) is 13.2 Å². The molecule has 0 saturated carbocycles. The number of hydrogen-bond acceptors (Lipinski definition) is 3. The van der Waals surface area contributed by atoms with Gasteiger partial charge in [0.05, 0.1) is 5.92 Å². The summed E-state index contributed by atoms with van der Waals surface area (Å²) in [4.78, 5) is 36.7. The number of halogens is 3. The number of benzene rings is 1. The summed E-state index contributed by atoms with van der Waals surface area (Å²) in [5, 5.41) is 4.28. The lowest BCUT2D eigenvalue weighted by Gasteiger charge is -2.20. The molecule has 0 radical (unpaired) electrons. The largest absolute Gasteiger partial charge is 0.471 e. The second-order valence-corrected chi connectivity index (χ2v) is 6.06. The van der Waals surface area contributed by atoms with E-state index in [2.05, 4.69) is 5.32 Å². The summed E-state index contributed by atoms with van der Waals surface area (Å²) < 4.78 is 36.8. The lowest BCUT2D eigenvalue weighted by molar-refractivity contribution is -0.167. The predicted octanol–water partition coefficient (Wildman–Crippen LogP) is 2.38. The average molecular weight is 357 g/mol. The SMILES string of the molecule is CC(C)N1CC(C(=O)Nc2cccc(NC(=O)C(F)(F)F)c2)CC1=O. The van der Waals surface area contributed by atoms with Crippen LogP contribution in [0.1, 0.15) is 20.3 Å². The van der Waals surface area contributed by atoms with Crippen molar-refractivity contribution < 1.29 is 27.6 Å². The summed E-state index contributed by atoms with van der Waals surface area (Å²) in [5.74, 6) is -3.12. The van der Waals surface area contributed by atoms with E-state index in [0.717, 1.165) is 0 Å². The van der Waals surface area contributed by atoms with Gasteiger partial charge in [0.15, 0.2) is 0 Å². The molecule has 3 amide bonds. The van der Waals surface area contributed by atoms with E-state index in [-0.39, 0.29) is 29.7 Å². The van der Waals surface area contributed by atoms with Crippen molar-refractivity contribution in [1.29, 1.82) is 0 Å². The molecule has 1 aliphatic rings. The third kappa shape index (κ3) is 4.71. The molecule has 0 bridgehead atoms. The van der Waals surface area contributed by atoms with Crippen LogP contribution < -0.4 is 10.6 Å². The highest BCUT2D eigenvalue weighted by atomic mass is 19.4. The molecule has 1 unspecified atom stereocenters. The molecule has 1 saturated heterocycles. The number of nitrogens with zero attached hydrogens (tertiary/aromatic N) is 1. The number of alkyl halides is 3. The summed E-state index contributed by atoms with van der Waals surface area (Å²) in [6.45, 7) is 4.00. The van der Waals surface area contributed by atoms with Gasteiger partial charge in [0.1, 0.15) is 0 Å². The molecule has 2 N–H and O–H groups in total. The Kier molecular flexibility index (Phi) is 5.34. The van der Waals surface area contributed by atoms with Gasteiger partial charge < -0.3 is 15.5 Å². The molecule has 136 valence electrons. The monoisotopic (exact) mass is 357 g/mol. The first kappa shape index (κ1) is 18.8. The Morgan fingerprint density at radius 1 is 1.20 bits per heavy atom. The third-order valence-corrected chi connectivity index (χ3v) is 3.80. The summed E-state index contributed by atoms with van der Waals surface area (Å²) in [5.41, 5.74) is 0.145. The number of likely N-dealkylation sites (tertiary alicyclic amines) is 1. The van der Waals surface area contributed by atoms with Gasteiger partial charge in [0.25, 0.3) is 0 Å². The van der Waals surface area contributed by atoms with E-state index < -0.39 is 23.9 Å². The average Bonchev–Trinajstić information content (AvgIpc) is 2.89. The van der Waals surface area contributed by atoms with Crippen LogP contribution in [0.2, 0.25) is 0 Å². The van der Waals surface area contributed by atoms with Crippen molar-refractivity contribution in [1.82, 2.24) is 4.90 Å². The minimum absolute atomic E-state index is 0.00814. The van der Waals surface area contributed by atoms with Crippen LogP contribution in [0.4, 0.5) is 24.5 Å². The molecule has 1 aromatic rings. The van der Waals surface area contributed by atoms with E-state index in [4.69, 9.17) is 0 Å². The van der Waals surface area contributed by atoms with Crippen LogP contribution >= 0.6 is 0 Å². The Balaban J connectivity index is 2.01. The van der Waals surface area contributed by atoms with E-state index in [1.54, 1.807) is 10.2 Å². The normalized spacial score (nSPS) is 17.8. The standard InChI is InChI=1S/C16H18F3N3O3/c1-9(2)22-8-10(6-13(22)23)14(24)20-11-4-3-5-12(7-11)21-15(25)16(17,18)19/h3-5,7,9-10H,6,8H2,1-2H3,(H,20,24)(H,21,25). The van der Waals surface area contributed by atoms with Crippen LogP contribution in [0.15, 0.2) is 24.3 Å². The smallest absolute Gasteiger partial charge is 0.339 e. The quantitative estimate of drug-likeness (QED) is 0.868. The van der Waals surface area contributed by atoms with E-state index >= 15 is 0 Å². The Morgan fingerprint density at radius 2 is 1.80 bits per heavy atom. The van der Waals surface area contributed by atoms with Crippen molar-refractivity contribution in [2.45, 2.75) is 32.5 Å². The molecule has 1 heterocycles. The topological polar surface area (TPSA) is 78.5 Å². The molecule has 1 fully saturated rings. The maximum atomic E-state index is 12.3. The lowest BCUT2D eigenvalue weighted by Crippen LogP contribution is -2.33. The maximum absolute atomic E-state index is 12.3. The van der Waals surface area contributed by atoms with Crippen LogP contribution in [0.3, 0.4) is 0 Å². The van der Waals surface area contributed by atoms with Gasteiger partial charge in [-0.05, 0) is 32.0 Å². The molecule has 1 atom stereocenters. The van der Waals surface area contributed by atoms with E-state index in [0.29, 0.717) is 6.54 Å². The second-order valence-electron chi connectivity index (χ2n) is 6.06. The van der Waals surface area contributed by atoms with Crippen molar-refractivity contribution in [3.63, 3.8) is 0 Å². The van der Waals surface area contributed by atoms with Crippen LogP contribution in [0.5, 0.6) is 0 Å². The Hall–Kier alpha value is -2.58.